The lowest BCUT2D eigenvalue weighted by molar-refractivity contribution is -0.140. The molecule has 0 aromatic heterocycles. The number of ether oxygens (including phenoxy) is 1. The molecule has 0 radical (unpaired) electrons. The van der Waals surface area contributed by atoms with Gasteiger partial charge in [-0.3, -0.25) is 0 Å². The van der Waals surface area contributed by atoms with Gasteiger partial charge in [-0.05, 0) is 18.8 Å². The Kier molecular flexibility index (Phi) is 5.40. The van der Waals surface area contributed by atoms with Crippen molar-refractivity contribution in [2.24, 2.45) is 5.92 Å². The van der Waals surface area contributed by atoms with Gasteiger partial charge < -0.3 is 20.1 Å². The lowest BCUT2D eigenvalue weighted by Crippen LogP contribution is -2.50. The van der Waals surface area contributed by atoms with Crippen molar-refractivity contribution in [3.8, 4) is 0 Å². The van der Waals surface area contributed by atoms with E-state index in [2.05, 4.69) is 5.32 Å². The zero-order chi connectivity index (χ0) is 13.7. The van der Waals surface area contributed by atoms with Crippen LogP contribution in [0.2, 0.25) is 0 Å². The van der Waals surface area contributed by atoms with Crippen LogP contribution in [0, 0.1) is 5.92 Å². The number of carbonyl (C=O) groups is 2. The Morgan fingerprint density at radius 3 is 2.61 bits per heavy atom. The SMILES string of the molecule is CC(C)[C@H](NC(=O)N(C)CC1CCCO1)C(=O)O. The summed E-state index contributed by atoms with van der Waals surface area (Å²) in [6.45, 7) is 4.76. The number of likely N-dealkylation sites (N-methyl/N-ethyl adjacent to an activating group) is 1. The first-order chi connectivity index (χ1) is 8.41. The summed E-state index contributed by atoms with van der Waals surface area (Å²) in [4.78, 5) is 24.3. The molecule has 0 aliphatic carbocycles. The molecule has 1 saturated heterocycles. The summed E-state index contributed by atoms with van der Waals surface area (Å²) in [5.74, 6) is -1.16. The predicted octanol–water partition coefficient (Wildman–Crippen LogP) is 0.916. The third-order valence-corrected chi connectivity index (χ3v) is 3.06. The van der Waals surface area contributed by atoms with Crippen LogP contribution in [0.15, 0.2) is 0 Å². The summed E-state index contributed by atoms with van der Waals surface area (Å²) >= 11 is 0. The number of nitrogens with one attached hydrogen (secondary N) is 1. The van der Waals surface area contributed by atoms with Crippen molar-refractivity contribution in [2.75, 3.05) is 20.2 Å². The number of nitrogens with zero attached hydrogens (tertiary/aromatic N) is 1. The quantitative estimate of drug-likeness (QED) is 0.768. The van der Waals surface area contributed by atoms with Gasteiger partial charge in [0.2, 0.25) is 0 Å². The van der Waals surface area contributed by atoms with Gasteiger partial charge in [0.05, 0.1) is 6.10 Å². The van der Waals surface area contributed by atoms with Crippen LogP contribution in [-0.4, -0.2) is 54.4 Å². The summed E-state index contributed by atoms with van der Waals surface area (Å²) in [5.41, 5.74) is 0. The third kappa shape index (κ3) is 4.18. The first-order valence-corrected chi connectivity index (χ1v) is 6.28. The molecule has 1 unspecified atom stereocenters. The Morgan fingerprint density at radius 1 is 1.50 bits per heavy atom. The Morgan fingerprint density at radius 2 is 2.17 bits per heavy atom. The highest BCUT2D eigenvalue weighted by Gasteiger charge is 2.26. The first kappa shape index (κ1) is 14.8. The molecule has 2 amide bonds. The van der Waals surface area contributed by atoms with E-state index < -0.39 is 12.0 Å². The Balaban J connectivity index is 2.44. The first-order valence-electron chi connectivity index (χ1n) is 6.28. The van der Waals surface area contributed by atoms with E-state index in [0.29, 0.717) is 6.54 Å². The van der Waals surface area contributed by atoms with Crippen LogP contribution in [0.1, 0.15) is 26.7 Å². The maximum atomic E-state index is 11.8. The second-order valence-electron chi connectivity index (χ2n) is 5.02. The van der Waals surface area contributed by atoms with Gasteiger partial charge in [-0.15, -0.1) is 0 Å². The van der Waals surface area contributed by atoms with Gasteiger partial charge in [-0.1, -0.05) is 13.8 Å². The molecule has 1 aliphatic rings. The summed E-state index contributed by atoms with van der Waals surface area (Å²) in [6.07, 6.45) is 2.04. The highest BCUT2D eigenvalue weighted by atomic mass is 16.5. The molecule has 1 aliphatic heterocycles. The van der Waals surface area contributed by atoms with E-state index in [1.54, 1.807) is 20.9 Å². The molecule has 0 aromatic rings. The average Bonchev–Trinajstić information content (AvgIpc) is 2.77. The van der Waals surface area contributed by atoms with E-state index in [1.165, 1.54) is 4.90 Å². The summed E-state index contributed by atoms with van der Waals surface area (Å²) in [7, 11) is 1.65. The van der Waals surface area contributed by atoms with Crippen LogP contribution < -0.4 is 5.32 Å². The molecule has 0 bridgehead atoms. The molecule has 18 heavy (non-hydrogen) atoms. The number of carboxylic acid groups (broad SMARTS) is 1. The van der Waals surface area contributed by atoms with Crippen molar-refractivity contribution in [1.82, 2.24) is 10.2 Å². The maximum absolute atomic E-state index is 11.8. The number of urea groups is 1. The number of hydrogen-bond acceptors (Lipinski definition) is 3. The van der Waals surface area contributed by atoms with Crippen molar-refractivity contribution in [2.45, 2.75) is 38.8 Å². The number of carboxylic acids is 1. The highest BCUT2D eigenvalue weighted by molar-refractivity contribution is 5.82. The van der Waals surface area contributed by atoms with E-state index >= 15 is 0 Å². The number of carbonyl (C=O) groups excluding carboxylic acids is 1. The molecule has 2 N–H and O–H groups in total. The van der Waals surface area contributed by atoms with Gasteiger partial charge in [-0.2, -0.15) is 0 Å². The van der Waals surface area contributed by atoms with E-state index in [4.69, 9.17) is 9.84 Å². The molecular weight excluding hydrogens is 236 g/mol. The van der Waals surface area contributed by atoms with Crippen LogP contribution in [0.3, 0.4) is 0 Å². The van der Waals surface area contributed by atoms with Crippen molar-refractivity contribution in [1.29, 1.82) is 0 Å². The highest BCUT2D eigenvalue weighted by Crippen LogP contribution is 2.13. The fourth-order valence-corrected chi connectivity index (χ4v) is 1.93. The third-order valence-electron chi connectivity index (χ3n) is 3.06. The Labute approximate surface area is 107 Å². The monoisotopic (exact) mass is 258 g/mol. The molecule has 104 valence electrons. The lowest BCUT2D eigenvalue weighted by Gasteiger charge is -2.25. The number of hydrogen-bond donors (Lipinski definition) is 2. The normalized spacial score (nSPS) is 20.8. The number of aliphatic carboxylic acids is 1. The fourth-order valence-electron chi connectivity index (χ4n) is 1.93. The van der Waals surface area contributed by atoms with Gasteiger partial charge in [0.15, 0.2) is 0 Å². The zero-order valence-electron chi connectivity index (χ0n) is 11.2. The van der Waals surface area contributed by atoms with E-state index in [1.807, 2.05) is 0 Å². The van der Waals surface area contributed by atoms with Crippen molar-refractivity contribution in [3.63, 3.8) is 0 Å². The topological polar surface area (TPSA) is 78.9 Å². The maximum Gasteiger partial charge on any atom is 0.326 e. The number of amides is 2. The minimum atomic E-state index is -1.01. The molecule has 2 atom stereocenters. The zero-order valence-corrected chi connectivity index (χ0v) is 11.2. The van der Waals surface area contributed by atoms with Gasteiger partial charge in [0.25, 0.3) is 0 Å². The summed E-state index contributed by atoms with van der Waals surface area (Å²) < 4.78 is 5.44. The minimum absolute atomic E-state index is 0.0723. The predicted molar refractivity (Wildman–Crippen MR) is 66.4 cm³/mol. The average molecular weight is 258 g/mol. The molecule has 1 heterocycles. The van der Waals surface area contributed by atoms with E-state index in [0.717, 1.165) is 19.4 Å². The molecular formula is C12H22N2O4. The molecule has 1 fully saturated rings. The largest absolute Gasteiger partial charge is 0.480 e. The van der Waals surface area contributed by atoms with Gasteiger partial charge in [-0.25, -0.2) is 9.59 Å². The molecule has 6 heteroatoms. The minimum Gasteiger partial charge on any atom is -0.480 e. The standard InChI is InChI=1S/C12H22N2O4/c1-8(2)10(11(15)16)13-12(17)14(3)7-9-5-4-6-18-9/h8-10H,4-7H2,1-3H3,(H,13,17)(H,15,16)/t9?,10-/m0/s1. The van der Waals surface area contributed by atoms with Crippen molar-refractivity contribution < 1.29 is 19.4 Å². The van der Waals surface area contributed by atoms with Crippen molar-refractivity contribution in [3.05, 3.63) is 0 Å². The Bertz CT molecular complexity index is 300. The molecule has 0 aromatic carbocycles. The van der Waals surface area contributed by atoms with Crippen LogP contribution in [0.4, 0.5) is 4.79 Å². The molecule has 1 rings (SSSR count). The molecule has 6 nitrogen and oxygen atoms in total. The van der Waals surface area contributed by atoms with Crippen LogP contribution in [-0.2, 0) is 9.53 Å². The molecule has 0 spiro atoms. The summed E-state index contributed by atoms with van der Waals surface area (Å²) in [6, 6.07) is -1.23. The van der Waals surface area contributed by atoms with Crippen LogP contribution in [0.25, 0.3) is 0 Å². The second-order valence-corrected chi connectivity index (χ2v) is 5.02. The Hall–Kier alpha value is -1.30. The summed E-state index contributed by atoms with van der Waals surface area (Å²) in [5, 5.41) is 11.5. The van der Waals surface area contributed by atoms with Gasteiger partial charge in [0, 0.05) is 20.2 Å². The molecule has 0 saturated carbocycles. The van der Waals surface area contributed by atoms with Crippen LogP contribution >= 0.6 is 0 Å². The smallest absolute Gasteiger partial charge is 0.326 e. The van der Waals surface area contributed by atoms with Gasteiger partial charge >= 0.3 is 12.0 Å². The van der Waals surface area contributed by atoms with Gasteiger partial charge in [0.1, 0.15) is 6.04 Å². The van der Waals surface area contributed by atoms with E-state index in [-0.39, 0.29) is 18.1 Å². The van der Waals surface area contributed by atoms with E-state index in [9.17, 15) is 9.59 Å². The van der Waals surface area contributed by atoms with Crippen molar-refractivity contribution >= 4 is 12.0 Å². The fraction of sp³-hybridized carbons (Fsp3) is 0.833. The number of rotatable bonds is 5. The van der Waals surface area contributed by atoms with Crippen LogP contribution in [0.5, 0.6) is 0 Å². The second kappa shape index (κ2) is 6.58. The lowest BCUT2D eigenvalue weighted by atomic mass is 10.1.